The van der Waals surface area contributed by atoms with Gasteiger partial charge in [0.05, 0.1) is 6.04 Å². The van der Waals surface area contributed by atoms with Crippen molar-refractivity contribution in [2.75, 3.05) is 26.2 Å². The van der Waals surface area contributed by atoms with Gasteiger partial charge in [0.2, 0.25) is 0 Å². The monoisotopic (exact) mass is 290 g/mol. The van der Waals surface area contributed by atoms with Crippen molar-refractivity contribution >= 4 is 0 Å². The van der Waals surface area contributed by atoms with E-state index in [-0.39, 0.29) is 0 Å². The maximum Gasteiger partial charge on any atom is 0.127 e. The van der Waals surface area contributed by atoms with E-state index in [1.807, 2.05) is 6.20 Å². The molecule has 2 fully saturated rings. The molecule has 1 atom stereocenters. The van der Waals surface area contributed by atoms with E-state index in [0.29, 0.717) is 11.5 Å². The highest BCUT2D eigenvalue weighted by Crippen LogP contribution is 2.38. The molecular weight excluding hydrogens is 260 g/mol. The molecular formula is C17H30N4. The predicted molar refractivity (Wildman–Crippen MR) is 86.1 cm³/mol. The molecule has 4 heteroatoms. The average molecular weight is 290 g/mol. The van der Waals surface area contributed by atoms with Gasteiger partial charge in [0.1, 0.15) is 5.82 Å². The fraction of sp³-hybridized carbons (Fsp3) is 0.824. The van der Waals surface area contributed by atoms with Crippen molar-refractivity contribution in [2.45, 2.75) is 45.6 Å². The van der Waals surface area contributed by atoms with Gasteiger partial charge in [-0.2, -0.15) is 0 Å². The molecule has 0 spiro atoms. The molecule has 0 amide bonds. The van der Waals surface area contributed by atoms with Crippen LogP contribution < -0.4 is 5.32 Å². The first-order chi connectivity index (χ1) is 10.1. The van der Waals surface area contributed by atoms with Crippen molar-refractivity contribution in [1.29, 1.82) is 0 Å². The lowest BCUT2D eigenvalue weighted by molar-refractivity contribution is 0.0956. The fourth-order valence-electron chi connectivity index (χ4n) is 3.89. The molecule has 1 N–H and O–H groups in total. The van der Waals surface area contributed by atoms with Gasteiger partial charge in [-0.05, 0) is 37.0 Å². The van der Waals surface area contributed by atoms with Gasteiger partial charge in [-0.3, -0.25) is 4.90 Å². The molecule has 118 valence electrons. The number of imidazole rings is 1. The Bertz CT molecular complexity index is 455. The Balaban J connectivity index is 1.64. The van der Waals surface area contributed by atoms with Gasteiger partial charge in [-0.1, -0.05) is 13.8 Å². The van der Waals surface area contributed by atoms with Gasteiger partial charge in [-0.25, -0.2) is 4.98 Å². The normalized spacial score (nSPS) is 27.9. The van der Waals surface area contributed by atoms with Crippen LogP contribution in [0.5, 0.6) is 0 Å². The van der Waals surface area contributed by atoms with Gasteiger partial charge in [0.25, 0.3) is 0 Å². The fourth-order valence-corrected chi connectivity index (χ4v) is 3.89. The van der Waals surface area contributed by atoms with Crippen LogP contribution in [0.1, 0.15) is 51.4 Å². The zero-order chi connectivity index (χ0) is 14.9. The van der Waals surface area contributed by atoms with Crippen LogP contribution in [0, 0.1) is 11.3 Å². The van der Waals surface area contributed by atoms with Crippen LogP contribution in [0.2, 0.25) is 0 Å². The minimum atomic E-state index is 0.439. The van der Waals surface area contributed by atoms with E-state index in [1.165, 1.54) is 38.1 Å². The van der Waals surface area contributed by atoms with Crippen LogP contribution >= 0.6 is 0 Å². The Morgan fingerprint density at radius 1 is 1.33 bits per heavy atom. The van der Waals surface area contributed by atoms with E-state index in [4.69, 9.17) is 0 Å². The Hall–Kier alpha value is -0.870. The lowest BCUT2D eigenvalue weighted by Gasteiger charge is -2.41. The third-order valence-corrected chi connectivity index (χ3v) is 5.46. The van der Waals surface area contributed by atoms with Crippen LogP contribution in [0.25, 0.3) is 0 Å². The Morgan fingerprint density at radius 3 is 2.76 bits per heavy atom. The Kier molecular flexibility index (Phi) is 4.36. The molecule has 4 nitrogen and oxygen atoms in total. The summed E-state index contributed by atoms with van der Waals surface area (Å²) in [5.41, 5.74) is 0.568. The van der Waals surface area contributed by atoms with E-state index in [0.717, 1.165) is 25.6 Å². The Labute approximate surface area is 128 Å². The maximum absolute atomic E-state index is 4.59. The molecule has 2 aliphatic rings. The second kappa shape index (κ2) is 6.09. The summed E-state index contributed by atoms with van der Waals surface area (Å²) >= 11 is 0. The summed E-state index contributed by atoms with van der Waals surface area (Å²) in [5, 5.41) is 3.54. The van der Waals surface area contributed by atoms with Crippen molar-refractivity contribution in [3.05, 3.63) is 18.2 Å². The molecule has 1 saturated carbocycles. The van der Waals surface area contributed by atoms with Crippen molar-refractivity contribution in [1.82, 2.24) is 19.8 Å². The number of hydrogen-bond acceptors (Lipinski definition) is 3. The molecule has 1 aliphatic carbocycles. The third kappa shape index (κ3) is 3.49. The summed E-state index contributed by atoms with van der Waals surface area (Å²) in [6.45, 7) is 9.38. The molecule has 2 heterocycles. The summed E-state index contributed by atoms with van der Waals surface area (Å²) in [4.78, 5) is 7.26. The van der Waals surface area contributed by atoms with Crippen LogP contribution in [0.4, 0.5) is 0 Å². The summed E-state index contributed by atoms with van der Waals surface area (Å²) < 4.78 is 2.18. The molecule has 1 aromatic rings. The highest BCUT2D eigenvalue weighted by atomic mass is 15.3. The van der Waals surface area contributed by atoms with Crippen LogP contribution in [-0.4, -0.2) is 40.6 Å². The molecule has 0 aromatic carbocycles. The van der Waals surface area contributed by atoms with Crippen molar-refractivity contribution in [3.63, 3.8) is 0 Å². The standard InChI is InChI=1S/C17H30N4/c1-17(2)6-4-14(5-7-17)13-21-11-8-18-12-15(21)16-19-9-10-20(16)3/h9-10,14-15,18H,4-8,11-13H2,1-3H3. The number of nitrogens with zero attached hydrogens (tertiary/aromatic N) is 3. The van der Waals surface area contributed by atoms with Crippen LogP contribution in [-0.2, 0) is 7.05 Å². The second-order valence-corrected chi connectivity index (χ2v) is 7.72. The summed E-state index contributed by atoms with van der Waals surface area (Å²) in [6, 6.07) is 0.439. The van der Waals surface area contributed by atoms with E-state index >= 15 is 0 Å². The second-order valence-electron chi connectivity index (χ2n) is 7.72. The largest absolute Gasteiger partial charge is 0.337 e. The summed E-state index contributed by atoms with van der Waals surface area (Å²) in [6.07, 6.45) is 9.54. The molecule has 0 bridgehead atoms. The van der Waals surface area contributed by atoms with Crippen LogP contribution in [0.3, 0.4) is 0 Å². The van der Waals surface area contributed by atoms with E-state index in [1.54, 1.807) is 0 Å². The topological polar surface area (TPSA) is 33.1 Å². The molecule has 1 aromatic heterocycles. The van der Waals surface area contributed by atoms with Crippen LogP contribution in [0.15, 0.2) is 12.4 Å². The predicted octanol–water partition coefficient (Wildman–Crippen LogP) is 2.58. The smallest absolute Gasteiger partial charge is 0.127 e. The van der Waals surface area contributed by atoms with Crippen molar-refractivity contribution in [3.8, 4) is 0 Å². The van der Waals surface area contributed by atoms with Crippen molar-refractivity contribution in [2.24, 2.45) is 18.4 Å². The molecule has 1 saturated heterocycles. The van der Waals surface area contributed by atoms with Gasteiger partial charge in [0.15, 0.2) is 0 Å². The number of piperazine rings is 1. The molecule has 21 heavy (non-hydrogen) atoms. The SMILES string of the molecule is Cn1ccnc1C1CNCCN1CC1CCC(C)(C)CC1. The lowest BCUT2D eigenvalue weighted by atomic mass is 9.73. The minimum Gasteiger partial charge on any atom is -0.337 e. The molecule has 3 rings (SSSR count). The van der Waals surface area contributed by atoms with Gasteiger partial charge < -0.3 is 9.88 Å². The first-order valence-electron chi connectivity index (χ1n) is 8.47. The van der Waals surface area contributed by atoms with Gasteiger partial charge >= 0.3 is 0 Å². The number of rotatable bonds is 3. The Morgan fingerprint density at radius 2 is 2.10 bits per heavy atom. The quantitative estimate of drug-likeness (QED) is 0.929. The number of aryl methyl sites for hydroxylation is 1. The first kappa shape index (κ1) is 15.0. The molecule has 1 aliphatic heterocycles. The zero-order valence-electron chi connectivity index (χ0n) is 13.8. The summed E-state index contributed by atoms with van der Waals surface area (Å²) in [5.74, 6) is 2.08. The summed E-state index contributed by atoms with van der Waals surface area (Å²) in [7, 11) is 2.11. The van der Waals surface area contributed by atoms with E-state index < -0.39 is 0 Å². The highest BCUT2D eigenvalue weighted by molar-refractivity contribution is 5.02. The van der Waals surface area contributed by atoms with Crippen molar-refractivity contribution < 1.29 is 0 Å². The number of nitrogens with one attached hydrogen (secondary N) is 1. The first-order valence-corrected chi connectivity index (χ1v) is 8.47. The molecule has 0 radical (unpaired) electrons. The highest BCUT2D eigenvalue weighted by Gasteiger charge is 2.32. The lowest BCUT2D eigenvalue weighted by Crippen LogP contribution is -2.48. The minimum absolute atomic E-state index is 0.439. The van der Waals surface area contributed by atoms with E-state index in [2.05, 4.69) is 46.9 Å². The average Bonchev–Trinajstić information content (AvgIpc) is 2.88. The van der Waals surface area contributed by atoms with E-state index in [9.17, 15) is 0 Å². The number of hydrogen-bond donors (Lipinski definition) is 1. The number of aromatic nitrogens is 2. The third-order valence-electron chi connectivity index (χ3n) is 5.46. The maximum atomic E-state index is 4.59. The molecule has 1 unspecified atom stereocenters. The van der Waals surface area contributed by atoms with Gasteiger partial charge in [0, 0.05) is 45.6 Å². The zero-order valence-corrected chi connectivity index (χ0v) is 13.8. The van der Waals surface area contributed by atoms with Gasteiger partial charge in [-0.15, -0.1) is 0 Å².